The molecule has 0 radical (unpaired) electrons. The third-order valence-corrected chi connectivity index (χ3v) is 5.88. The zero-order valence-corrected chi connectivity index (χ0v) is 17.0. The second-order valence-electron chi connectivity index (χ2n) is 6.22. The molecule has 0 aliphatic carbocycles. The molecule has 0 saturated heterocycles. The largest absolute Gasteiger partial charge is 0.346 e. The molecule has 8 heteroatoms. The minimum Gasteiger partial charge on any atom is -0.346 e. The highest BCUT2D eigenvalue weighted by Crippen LogP contribution is 2.20. The summed E-state index contributed by atoms with van der Waals surface area (Å²) in [6, 6.07) is 9.21. The number of nitrogens with zero attached hydrogens (tertiary/aromatic N) is 3. The van der Waals surface area contributed by atoms with Gasteiger partial charge >= 0.3 is 0 Å². The number of Topliss-reactive ketones (excluding diaryl/α,β-unsaturated/α-hetero) is 1. The van der Waals surface area contributed by atoms with Crippen molar-refractivity contribution in [3.05, 3.63) is 52.1 Å². The molecule has 0 bridgehead atoms. The molecule has 1 atom stereocenters. The number of rotatable bonds is 9. The molecule has 3 heterocycles. The van der Waals surface area contributed by atoms with E-state index in [9.17, 15) is 9.59 Å². The Morgan fingerprint density at radius 2 is 2.07 bits per heavy atom. The molecule has 0 aliphatic heterocycles. The van der Waals surface area contributed by atoms with Gasteiger partial charge in [0.2, 0.25) is 5.91 Å². The molecule has 142 valence electrons. The van der Waals surface area contributed by atoms with Gasteiger partial charge in [-0.3, -0.25) is 14.0 Å². The Hall–Kier alpha value is -2.19. The number of hydrogen-bond acceptors (Lipinski definition) is 6. The number of aryl methyl sites for hydroxylation is 1. The third-order valence-electron chi connectivity index (χ3n) is 4.19. The fourth-order valence-corrected chi connectivity index (χ4v) is 4.11. The highest BCUT2D eigenvalue weighted by atomic mass is 32.2. The first-order chi connectivity index (χ1) is 13.1. The molecule has 3 rings (SSSR count). The molecule has 3 aromatic heterocycles. The normalized spacial score (nSPS) is 12.2. The summed E-state index contributed by atoms with van der Waals surface area (Å²) in [5, 5.41) is 11.5. The smallest absolute Gasteiger partial charge is 0.221 e. The van der Waals surface area contributed by atoms with Crippen LogP contribution in [0.15, 0.2) is 36.5 Å². The zero-order chi connectivity index (χ0) is 19.2. The van der Waals surface area contributed by atoms with Gasteiger partial charge in [-0.25, -0.2) is 0 Å². The summed E-state index contributed by atoms with van der Waals surface area (Å²) in [6.45, 7) is 1.97. The molecule has 0 aromatic carbocycles. The van der Waals surface area contributed by atoms with Crippen LogP contribution in [0.5, 0.6) is 0 Å². The number of fused-ring (bicyclic) bond motifs is 1. The lowest BCUT2D eigenvalue weighted by Crippen LogP contribution is -2.30. The molecule has 0 aliphatic rings. The summed E-state index contributed by atoms with van der Waals surface area (Å²) in [5.74, 6) is 1.47. The van der Waals surface area contributed by atoms with E-state index in [1.807, 2.05) is 54.1 Å². The number of carbonyl (C=O) groups excluding carboxylic acids is 2. The van der Waals surface area contributed by atoms with Crippen LogP contribution in [0.3, 0.4) is 0 Å². The number of carbonyl (C=O) groups is 2. The molecule has 3 aromatic rings. The van der Waals surface area contributed by atoms with E-state index in [1.165, 1.54) is 11.3 Å². The number of amides is 1. The summed E-state index contributed by atoms with van der Waals surface area (Å²) < 4.78 is 1.89. The van der Waals surface area contributed by atoms with Gasteiger partial charge in [-0.1, -0.05) is 6.07 Å². The van der Waals surface area contributed by atoms with Gasteiger partial charge in [0, 0.05) is 23.9 Å². The fraction of sp³-hybridized carbons (Fsp3) is 0.368. The molecule has 0 fully saturated rings. The van der Waals surface area contributed by atoms with Gasteiger partial charge in [-0.05, 0) is 49.6 Å². The maximum atomic E-state index is 12.5. The van der Waals surface area contributed by atoms with Gasteiger partial charge in [-0.15, -0.1) is 21.5 Å². The molecule has 1 unspecified atom stereocenters. The first kappa shape index (κ1) is 19.6. The predicted molar refractivity (Wildman–Crippen MR) is 109 cm³/mol. The quantitative estimate of drug-likeness (QED) is 0.553. The van der Waals surface area contributed by atoms with Crippen molar-refractivity contribution in [2.75, 3.05) is 12.0 Å². The van der Waals surface area contributed by atoms with E-state index >= 15 is 0 Å². The van der Waals surface area contributed by atoms with Crippen LogP contribution in [0.25, 0.3) is 5.65 Å². The molecular weight excluding hydrogens is 380 g/mol. The van der Waals surface area contributed by atoms with Crippen LogP contribution in [0, 0.1) is 6.92 Å². The summed E-state index contributed by atoms with van der Waals surface area (Å²) in [7, 11) is 0. The van der Waals surface area contributed by atoms with E-state index in [-0.39, 0.29) is 30.6 Å². The van der Waals surface area contributed by atoms with Crippen molar-refractivity contribution >= 4 is 40.4 Å². The zero-order valence-electron chi connectivity index (χ0n) is 15.3. The molecular formula is C19H22N4O2S2. The van der Waals surface area contributed by atoms with E-state index in [4.69, 9.17) is 0 Å². The number of thiophene rings is 1. The SMILES string of the molecule is CSCCC(NC(=O)CCC(=O)c1ccc(C)s1)c1nnc2ccccn12. The molecule has 0 spiro atoms. The van der Waals surface area contributed by atoms with E-state index in [2.05, 4.69) is 15.5 Å². The molecule has 1 amide bonds. The lowest BCUT2D eigenvalue weighted by atomic mass is 10.1. The minimum absolute atomic E-state index is 0.0110. The Bertz CT molecular complexity index is 935. The number of thioether (sulfide) groups is 1. The highest BCUT2D eigenvalue weighted by molar-refractivity contribution is 7.98. The van der Waals surface area contributed by atoms with Crippen LogP contribution in [0.4, 0.5) is 0 Å². The Morgan fingerprint density at radius 1 is 1.22 bits per heavy atom. The molecule has 1 N–H and O–H groups in total. The standard InChI is InChI=1S/C19H22N4O2S2/c1-13-6-8-16(27-13)15(24)7-9-18(25)20-14(10-12-26-2)19-22-21-17-5-3-4-11-23(17)19/h3-6,8,11,14H,7,9-10,12H2,1-2H3,(H,20,25). The molecule has 0 saturated carbocycles. The van der Waals surface area contributed by atoms with Crippen LogP contribution in [0.2, 0.25) is 0 Å². The number of ketones is 1. The van der Waals surface area contributed by atoms with Crippen molar-refractivity contribution < 1.29 is 9.59 Å². The Kier molecular flexibility index (Phi) is 6.63. The second-order valence-corrected chi connectivity index (χ2v) is 8.50. The second kappa shape index (κ2) is 9.14. The summed E-state index contributed by atoms with van der Waals surface area (Å²) in [4.78, 5) is 26.5. The maximum absolute atomic E-state index is 12.5. The summed E-state index contributed by atoms with van der Waals surface area (Å²) in [6.07, 6.45) is 5.05. The van der Waals surface area contributed by atoms with Crippen LogP contribution in [-0.2, 0) is 4.79 Å². The third kappa shape index (κ3) is 4.95. The number of nitrogens with one attached hydrogen (secondary N) is 1. The first-order valence-corrected chi connectivity index (χ1v) is 11.0. The molecule has 6 nitrogen and oxygen atoms in total. The lowest BCUT2D eigenvalue weighted by Gasteiger charge is -2.17. The van der Waals surface area contributed by atoms with Gasteiger partial charge in [-0.2, -0.15) is 11.8 Å². The summed E-state index contributed by atoms with van der Waals surface area (Å²) >= 11 is 3.18. The number of pyridine rings is 1. The van der Waals surface area contributed by atoms with Crippen LogP contribution in [-0.4, -0.2) is 38.3 Å². The number of hydrogen-bond donors (Lipinski definition) is 1. The average Bonchev–Trinajstić information content (AvgIpc) is 3.29. The van der Waals surface area contributed by atoms with Crippen LogP contribution >= 0.6 is 23.1 Å². The Balaban J connectivity index is 1.65. The Morgan fingerprint density at radius 3 is 2.81 bits per heavy atom. The van der Waals surface area contributed by atoms with Gasteiger partial charge in [0.25, 0.3) is 0 Å². The van der Waals surface area contributed by atoms with Crippen LogP contribution < -0.4 is 5.32 Å². The van der Waals surface area contributed by atoms with E-state index in [1.54, 1.807) is 11.8 Å². The van der Waals surface area contributed by atoms with Crippen molar-refractivity contribution in [3.63, 3.8) is 0 Å². The van der Waals surface area contributed by atoms with Crippen molar-refractivity contribution in [3.8, 4) is 0 Å². The highest BCUT2D eigenvalue weighted by Gasteiger charge is 2.20. The van der Waals surface area contributed by atoms with Crippen molar-refractivity contribution in [2.45, 2.75) is 32.2 Å². The van der Waals surface area contributed by atoms with Crippen molar-refractivity contribution in [2.24, 2.45) is 0 Å². The van der Waals surface area contributed by atoms with E-state index < -0.39 is 0 Å². The topological polar surface area (TPSA) is 76.4 Å². The lowest BCUT2D eigenvalue weighted by molar-refractivity contribution is -0.121. The average molecular weight is 403 g/mol. The van der Waals surface area contributed by atoms with Gasteiger partial charge in [0.15, 0.2) is 17.3 Å². The summed E-state index contributed by atoms with van der Waals surface area (Å²) in [5.41, 5.74) is 0.749. The van der Waals surface area contributed by atoms with Gasteiger partial charge in [0.1, 0.15) is 0 Å². The number of aromatic nitrogens is 3. The van der Waals surface area contributed by atoms with Gasteiger partial charge in [0.05, 0.1) is 10.9 Å². The van der Waals surface area contributed by atoms with E-state index in [0.29, 0.717) is 10.7 Å². The molecule has 27 heavy (non-hydrogen) atoms. The van der Waals surface area contributed by atoms with Crippen LogP contribution in [0.1, 0.15) is 45.7 Å². The maximum Gasteiger partial charge on any atom is 0.221 e. The Labute approximate surface area is 166 Å². The van der Waals surface area contributed by atoms with E-state index in [0.717, 1.165) is 22.7 Å². The monoisotopic (exact) mass is 402 g/mol. The van der Waals surface area contributed by atoms with Crippen molar-refractivity contribution in [1.29, 1.82) is 0 Å². The first-order valence-electron chi connectivity index (χ1n) is 8.76. The minimum atomic E-state index is -0.235. The van der Waals surface area contributed by atoms with Gasteiger partial charge < -0.3 is 5.32 Å². The van der Waals surface area contributed by atoms with Crippen molar-refractivity contribution in [1.82, 2.24) is 19.9 Å². The predicted octanol–water partition coefficient (Wildman–Crippen LogP) is 3.67. The fourth-order valence-electron chi connectivity index (χ4n) is 2.80.